The van der Waals surface area contributed by atoms with E-state index in [0.29, 0.717) is 5.56 Å². The predicted molar refractivity (Wildman–Crippen MR) is 79.5 cm³/mol. The Kier molecular flexibility index (Phi) is 4.47. The summed E-state index contributed by atoms with van der Waals surface area (Å²) in [6.45, 7) is 1.89. The summed E-state index contributed by atoms with van der Waals surface area (Å²) in [6.07, 6.45) is 2.79. The van der Waals surface area contributed by atoms with Crippen LogP contribution in [-0.4, -0.2) is 19.4 Å². The summed E-state index contributed by atoms with van der Waals surface area (Å²) in [4.78, 5) is 0.256. The quantitative estimate of drug-likeness (QED) is 0.522. The molecular weight excluding hydrogens is 300 g/mol. The zero-order valence-electron chi connectivity index (χ0n) is 11.8. The number of rotatable bonds is 4. The zero-order valence-corrected chi connectivity index (χ0v) is 12.6. The molecule has 0 unspecified atom stereocenters. The van der Waals surface area contributed by atoms with E-state index in [9.17, 15) is 8.42 Å². The standard InChI is InChI=1S/C15H13N4O2S/c1-12-2-4-15(5-3-12)22(20,21)11-13-6-7-19(18-10-13)14(8-16)9-17/h2-7,10,16H,11H2,1H3/q+1. The summed E-state index contributed by atoms with van der Waals surface area (Å²) in [5.74, 6) is 1.77. The molecule has 0 atom stereocenters. The molecule has 0 bridgehead atoms. The van der Waals surface area contributed by atoms with Crippen molar-refractivity contribution in [2.24, 2.45) is 0 Å². The van der Waals surface area contributed by atoms with Gasteiger partial charge >= 0.3 is 5.70 Å². The van der Waals surface area contributed by atoms with Gasteiger partial charge in [0.1, 0.15) is 0 Å². The van der Waals surface area contributed by atoms with Crippen molar-refractivity contribution in [3.8, 4) is 6.07 Å². The molecule has 110 valence electrons. The maximum absolute atomic E-state index is 12.3. The van der Waals surface area contributed by atoms with Gasteiger partial charge in [-0.2, -0.15) is 5.26 Å². The van der Waals surface area contributed by atoms with Crippen LogP contribution in [0.15, 0.2) is 47.6 Å². The Balaban J connectivity index is 2.25. The molecule has 0 spiro atoms. The van der Waals surface area contributed by atoms with Crippen molar-refractivity contribution in [3.63, 3.8) is 0 Å². The number of nitrogens with one attached hydrogen (secondary N) is 1. The number of nitrogens with zero attached hydrogens (tertiary/aromatic N) is 3. The van der Waals surface area contributed by atoms with E-state index in [0.717, 1.165) is 10.2 Å². The van der Waals surface area contributed by atoms with Gasteiger partial charge in [0.25, 0.3) is 0 Å². The highest BCUT2D eigenvalue weighted by atomic mass is 32.2. The summed E-state index contributed by atoms with van der Waals surface area (Å²) >= 11 is 0. The normalized spacial score (nSPS) is 10.5. The number of aromatic nitrogens is 2. The minimum atomic E-state index is -3.45. The van der Waals surface area contributed by atoms with Crippen molar-refractivity contribution >= 4 is 21.4 Å². The van der Waals surface area contributed by atoms with E-state index in [1.807, 2.05) is 12.8 Å². The number of allylic oxidation sites excluding steroid dienone is 1. The average molecular weight is 313 g/mol. The van der Waals surface area contributed by atoms with Crippen LogP contribution >= 0.6 is 0 Å². The van der Waals surface area contributed by atoms with E-state index in [1.54, 1.807) is 36.4 Å². The predicted octanol–water partition coefficient (Wildman–Crippen LogP) is 1.26. The Morgan fingerprint density at radius 1 is 1.32 bits per heavy atom. The molecule has 6 nitrogen and oxygen atoms in total. The van der Waals surface area contributed by atoms with Crippen molar-refractivity contribution < 1.29 is 13.1 Å². The number of hydrogen-bond donors (Lipinski definition) is 1. The number of benzene rings is 1. The molecule has 2 aromatic rings. The minimum Gasteiger partial charge on any atom is -0.252 e. The van der Waals surface area contributed by atoms with Crippen LogP contribution in [-0.2, 0) is 15.6 Å². The van der Waals surface area contributed by atoms with Gasteiger partial charge in [0.05, 0.1) is 22.7 Å². The van der Waals surface area contributed by atoms with Crippen LogP contribution < -0.4 is 4.68 Å². The van der Waals surface area contributed by atoms with Gasteiger partial charge in [0.15, 0.2) is 15.9 Å². The van der Waals surface area contributed by atoms with Gasteiger partial charge in [-0.3, -0.25) is 5.41 Å². The lowest BCUT2D eigenvalue weighted by atomic mass is 10.2. The summed E-state index contributed by atoms with van der Waals surface area (Å²) in [5.41, 5.74) is 1.41. The second-order valence-corrected chi connectivity index (χ2v) is 6.63. The molecule has 1 aromatic heterocycles. The number of sulfone groups is 1. The molecule has 0 saturated heterocycles. The van der Waals surface area contributed by atoms with Crippen molar-refractivity contribution in [3.05, 3.63) is 53.9 Å². The van der Waals surface area contributed by atoms with Gasteiger partial charge in [-0.05, 0) is 34.4 Å². The van der Waals surface area contributed by atoms with Crippen molar-refractivity contribution in [1.82, 2.24) is 5.10 Å². The fraction of sp³-hybridized carbons (Fsp3) is 0.133. The van der Waals surface area contributed by atoms with E-state index in [2.05, 4.69) is 5.10 Å². The second-order valence-electron chi connectivity index (χ2n) is 4.64. The lowest BCUT2D eigenvalue weighted by molar-refractivity contribution is -0.641. The zero-order chi connectivity index (χ0) is 16.2. The van der Waals surface area contributed by atoms with E-state index < -0.39 is 9.84 Å². The van der Waals surface area contributed by atoms with Gasteiger partial charge in [0, 0.05) is 6.07 Å². The van der Waals surface area contributed by atoms with Crippen LogP contribution in [0.5, 0.6) is 0 Å². The fourth-order valence-electron chi connectivity index (χ4n) is 1.79. The maximum Gasteiger partial charge on any atom is 0.376 e. The molecule has 22 heavy (non-hydrogen) atoms. The van der Waals surface area contributed by atoms with Crippen LogP contribution in [0.2, 0.25) is 0 Å². The molecule has 1 aromatic carbocycles. The second kappa shape index (κ2) is 6.31. The molecule has 7 heteroatoms. The summed E-state index contributed by atoms with van der Waals surface area (Å²) < 4.78 is 25.8. The van der Waals surface area contributed by atoms with Crippen LogP contribution in [0.1, 0.15) is 11.1 Å². The number of aryl methyl sites for hydroxylation is 1. The number of hydrogen-bond acceptors (Lipinski definition) is 5. The average Bonchev–Trinajstić information content (AvgIpc) is 2.50. The third-order valence-corrected chi connectivity index (χ3v) is 4.67. The van der Waals surface area contributed by atoms with Crippen LogP contribution in [0.25, 0.3) is 5.70 Å². The molecule has 0 aliphatic rings. The molecule has 0 aliphatic carbocycles. The summed E-state index contributed by atoms with van der Waals surface area (Å²) in [6, 6.07) is 9.96. The molecule has 1 heterocycles. The van der Waals surface area contributed by atoms with E-state index in [1.165, 1.54) is 12.4 Å². The number of nitriles is 1. The van der Waals surface area contributed by atoms with Crippen LogP contribution in [0.3, 0.4) is 0 Å². The third-order valence-electron chi connectivity index (χ3n) is 2.97. The Morgan fingerprint density at radius 2 is 2.00 bits per heavy atom. The molecule has 0 fully saturated rings. The molecule has 2 rings (SSSR count). The smallest absolute Gasteiger partial charge is 0.252 e. The summed E-state index contributed by atoms with van der Waals surface area (Å²) in [5, 5.41) is 19.7. The first-order valence-electron chi connectivity index (χ1n) is 6.33. The van der Waals surface area contributed by atoms with Crippen LogP contribution in [0, 0.1) is 23.7 Å². The lowest BCUT2D eigenvalue weighted by Crippen LogP contribution is -2.36. The highest BCUT2D eigenvalue weighted by Crippen LogP contribution is 2.16. The lowest BCUT2D eigenvalue weighted by Gasteiger charge is -2.04. The summed E-state index contributed by atoms with van der Waals surface area (Å²) in [7, 11) is -3.45. The van der Waals surface area contributed by atoms with Crippen molar-refractivity contribution in [1.29, 1.82) is 10.7 Å². The first-order chi connectivity index (χ1) is 10.5. The van der Waals surface area contributed by atoms with Gasteiger partial charge < -0.3 is 0 Å². The molecular formula is C15H13N4O2S+. The van der Waals surface area contributed by atoms with E-state index in [4.69, 9.17) is 10.7 Å². The van der Waals surface area contributed by atoms with Crippen LogP contribution in [0.4, 0.5) is 0 Å². The van der Waals surface area contributed by atoms with E-state index in [-0.39, 0.29) is 16.3 Å². The Morgan fingerprint density at radius 3 is 2.50 bits per heavy atom. The molecule has 0 aliphatic heterocycles. The maximum atomic E-state index is 12.3. The van der Waals surface area contributed by atoms with Crippen molar-refractivity contribution in [2.45, 2.75) is 17.6 Å². The Labute approximate surface area is 128 Å². The minimum absolute atomic E-state index is 0.0760. The van der Waals surface area contributed by atoms with E-state index >= 15 is 0 Å². The monoisotopic (exact) mass is 313 g/mol. The first kappa shape index (κ1) is 15.6. The van der Waals surface area contributed by atoms with Gasteiger partial charge in [-0.25, -0.2) is 8.42 Å². The SMILES string of the molecule is Cc1ccc(S(=O)(=O)Cc2cc[n+](C(=C=N)C#N)nc2)cc1. The Bertz CT molecular complexity index is 873. The molecule has 0 amide bonds. The molecule has 1 N–H and O–H groups in total. The van der Waals surface area contributed by atoms with Gasteiger partial charge in [-0.15, -0.1) is 0 Å². The Hall–Kier alpha value is -2.81. The van der Waals surface area contributed by atoms with Gasteiger partial charge in [0.2, 0.25) is 6.20 Å². The largest absolute Gasteiger partial charge is 0.376 e. The topological polar surface area (TPSA) is 98.5 Å². The highest BCUT2D eigenvalue weighted by molar-refractivity contribution is 7.90. The fourth-order valence-corrected chi connectivity index (χ4v) is 3.11. The van der Waals surface area contributed by atoms with Gasteiger partial charge in [-0.1, -0.05) is 17.7 Å². The molecule has 0 radical (unpaired) electrons. The highest BCUT2D eigenvalue weighted by Gasteiger charge is 2.17. The van der Waals surface area contributed by atoms with Crippen molar-refractivity contribution in [2.75, 3.05) is 0 Å². The first-order valence-corrected chi connectivity index (χ1v) is 7.98. The third kappa shape index (κ3) is 3.44. The molecule has 0 saturated carbocycles.